The summed E-state index contributed by atoms with van der Waals surface area (Å²) in [7, 11) is 4.46. The first-order valence-corrected chi connectivity index (χ1v) is 20.0. The predicted octanol–water partition coefficient (Wildman–Crippen LogP) is 5.85. The lowest BCUT2D eigenvalue weighted by Crippen LogP contribution is -2.49. The highest BCUT2D eigenvalue weighted by Gasteiger charge is 2.49. The SMILES string of the molecule is C[N+](C)(CCCCN1C(=O)c2ccccc2C1=O)CCN(CCN1CCC(C(C(N)=O)(c2ccccc2)c2ccccc2)C1)c1ccc(CCCC(=O)O)cc1. The zero-order valence-corrected chi connectivity index (χ0v) is 32.8. The number of aliphatic carboxylic acids is 1. The van der Waals surface area contributed by atoms with Gasteiger partial charge >= 0.3 is 5.97 Å². The molecule has 6 rings (SSSR count). The van der Waals surface area contributed by atoms with E-state index in [1.807, 2.05) is 60.7 Å². The van der Waals surface area contributed by atoms with E-state index in [0.717, 1.165) is 98.4 Å². The molecule has 3 amide bonds. The number of fused-ring (bicyclic) bond motifs is 1. The second-order valence-electron chi connectivity index (χ2n) is 16.0. The summed E-state index contributed by atoms with van der Waals surface area (Å²) in [5.41, 5.74) is 10.5. The number of rotatable bonds is 20. The minimum Gasteiger partial charge on any atom is -0.481 e. The van der Waals surface area contributed by atoms with Gasteiger partial charge in [-0.2, -0.15) is 0 Å². The van der Waals surface area contributed by atoms with Crippen molar-refractivity contribution in [1.82, 2.24) is 9.80 Å². The van der Waals surface area contributed by atoms with Crippen molar-refractivity contribution >= 4 is 29.4 Å². The number of nitrogens with zero attached hydrogens (tertiary/aromatic N) is 4. The molecule has 2 heterocycles. The number of carbonyl (C=O) groups excluding carboxylic acids is 3. The minimum atomic E-state index is -0.936. The summed E-state index contributed by atoms with van der Waals surface area (Å²) in [4.78, 5) is 56.7. The summed E-state index contributed by atoms with van der Waals surface area (Å²) in [6, 6.07) is 35.5. The van der Waals surface area contributed by atoms with Crippen LogP contribution < -0.4 is 10.6 Å². The van der Waals surface area contributed by atoms with Gasteiger partial charge in [-0.05, 0) is 85.5 Å². The van der Waals surface area contributed by atoms with E-state index >= 15 is 0 Å². The number of anilines is 1. The number of likely N-dealkylation sites (N-methyl/N-ethyl adjacent to an activating group) is 1. The van der Waals surface area contributed by atoms with Crippen LogP contribution >= 0.6 is 0 Å². The van der Waals surface area contributed by atoms with Crippen LogP contribution in [0.1, 0.15) is 69.5 Å². The summed E-state index contributed by atoms with van der Waals surface area (Å²) in [5.74, 6) is -1.49. The lowest BCUT2D eigenvalue weighted by Gasteiger charge is -2.38. The Morgan fingerprint density at radius 3 is 1.93 bits per heavy atom. The number of imide groups is 1. The number of benzene rings is 4. The summed E-state index contributed by atoms with van der Waals surface area (Å²) in [5, 5.41) is 9.09. The Balaban J connectivity index is 1.10. The van der Waals surface area contributed by atoms with Crippen LogP contribution in [-0.4, -0.2) is 110 Å². The maximum Gasteiger partial charge on any atom is 0.303 e. The first-order valence-electron chi connectivity index (χ1n) is 20.0. The average Bonchev–Trinajstić information content (AvgIpc) is 3.76. The highest BCUT2D eigenvalue weighted by molar-refractivity contribution is 6.21. The van der Waals surface area contributed by atoms with E-state index in [2.05, 4.69) is 48.2 Å². The molecule has 0 spiro atoms. The third kappa shape index (κ3) is 9.20. The van der Waals surface area contributed by atoms with Crippen LogP contribution in [0.4, 0.5) is 5.69 Å². The number of nitrogens with two attached hydrogens (primary N) is 1. The summed E-state index contributed by atoms with van der Waals surface area (Å²) < 4.78 is 0.785. The number of carbonyl (C=O) groups is 4. The quantitative estimate of drug-likeness (QED) is 0.0659. The number of hydrogen-bond donors (Lipinski definition) is 2. The van der Waals surface area contributed by atoms with E-state index in [4.69, 9.17) is 10.8 Å². The van der Waals surface area contributed by atoms with Crippen LogP contribution in [0.3, 0.4) is 0 Å². The van der Waals surface area contributed by atoms with E-state index in [1.54, 1.807) is 24.3 Å². The van der Waals surface area contributed by atoms with E-state index in [-0.39, 0.29) is 30.1 Å². The molecule has 10 nitrogen and oxygen atoms in total. The van der Waals surface area contributed by atoms with Gasteiger partial charge in [0.15, 0.2) is 0 Å². The van der Waals surface area contributed by atoms with Crippen molar-refractivity contribution < 1.29 is 28.8 Å². The normalized spacial score (nSPS) is 16.0. The van der Waals surface area contributed by atoms with Gasteiger partial charge < -0.3 is 25.1 Å². The van der Waals surface area contributed by atoms with E-state index < -0.39 is 11.4 Å². The molecule has 1 saturated heterocycles. The van der Waals surface area contributed by atoms with Gasteiger partial charge in [0.05, 0.1) is 44.9 Å². The number of amides is 3. The van der Waals surface area contributed by atoms with Gasteiger partial charge in [-0.25, -0.2) is 0 Å². The van der Waals surface area contributed by atoms with Crippen molar-refractivity contribution in [2.75, 3.05) is 71.4 Å². The van der Waals surface area contributed by atoms with Crippen LogP contribution in [0.15, 0.2) is 109 Å². The van der Waals surface area contributed by atoms with Gasteiger partial charge in [0.1, 0.15) is 5.41 Å². The number of carboxylic acid groups (broad SMARTS) is 1. The monoisotopic (exact) mass is 758 g/mol. The lowest BCUT2D eigenvalue weighted by molar-refractivity contribution is -0.889. The fourth-order valence-corrected chi connectivity index (χ4v) is 8.62. The number of carboxylic acids is 1. The molecule has 0 radical (unpaired) electrons. The van der Waals surface area contributed by atoms with E-state index in [0.29, 0.717) is 24.1 Å². The molecule has 1 fully saturated rings. The van der Waals surface area contributed by atoms with Gasteiger partial charge in [-0.3, -0.25) is 24.1 Å². The van der Waals surface area contributed by atoms with E-state index in [9.17, 15) is 19.2 Å². The Morgan fingerprint density at radius 1 is 0.768 bits per heavy atom. The van der Waals surface area contributed by atoms with Crippen LogP contribution in [0.5, 0.6) is 0 Å². The first-order chi connectivity index (χ1) is 27.0. The largest absolute Gasteiger partial charge is 0.481 e. The van der Waals surface area contributed by atoms with Crippen molar-refractivity contribution in [3.63, 3.8) is 0 Å². The van der Waals surface area contributed by atoms with Crippen molar-refractivity contribution in [1.29, 1.82) is 0 Å². The van der Waals surface area contributed by atoms with Gasteiger partial charge in [-0.15, -0.1) is 0 Å². The second-order valence-corrected chi connectivity index (χ2v) is 16.0. The Hall–Kier alpha value is -5.32. The molecule has 3 N–H and O–H groups in total. The fourth-order valence-electron chi connectivity index (χ4n) is 8.62. The molecule has 4 aromatic rings. The van der Waals surface area contributed by atoms with Crippen LogP contribution in [0, 0.1) is 5.92 Å². The predicted molar refractivity (Wildman–Crippen MR) is 220 cm³/mol. The summed E-state index contributed by atoms with van der Waals surface area (Å²) in [6.07, 6.45) is 3.95. The van der Waals surface area contributed by atoms with Gasteiger partial charge in [0, 0.05) is 38.3 Å². The second kappa shape index (κ2) is 18.1. The Labute approximate surface area is 331 Å². The number of unbranched alkanes of at least 4 members (excludes halogenated alkanes) is 1. The highest BCUT2D eigenvalue weighted by atomic mass is 16.4. The Morgan fingerprint density at radius 2 is 1.36 bits per heavy atom. The number of hydrogen-bond acceptors (Lipinski definition) is 6. The van der Waals surface area contributed by atoms with Crippen LogP contribution in [-0.2, 0) is 21.4 Å². The van der Waals surface area contributed by atoms with E-state index in [1.165, 1.54) is 4.90 Å². The van der Waals surface area contributed by atoms with Crippen molar-refractivity contribution in [2.45, 2.75) is 43.9 Å². The summed E-state index contributed by atoms with van der Waals surface area (Å²) in [6.45, 7) is 6.26. The highest BCUT2D eigenvalue weighted by Crippen LogP contribution is 2.43. The molecule has 2 aliphatic rings. The zero-order chi connectivity index (χ0) is 39.7. The van der Waals surface area contributed by atoms with Gasteiger partial charge in [-0.1, -0.05) is 84.9 Å². The number of aryl methyl sites for hydroxylation is 1. The molecule has 4 aromatic carbocycles. The molecule has 1 unspecified atom stereocenters. The molecule has 10 heteroatoms. The standard InChI is InChI=1S/C46H55N5O5/c1-51(2,32-12-11-27-50-43(54)40-19-9-10-20-41(40)44(50)55)33-31-49(39-24-22-35(23-25-39)14-13-21-42(52)53)30-29-48-28-26-38(34-48)46(45(47)56,36-15-5-3-6-16-36)37-17-7-4-8-18-37/h3-10,15-20,22-25,38H,11-14,21,26-34H2,1-2H3,(H2-,47,52,53,56)/p+1. The molecule has 2 aliphatic heterocycles. The van der Waals surface area contributed by atoms with Crippen molar-refractivity contribution in [2.24, 2.45) is 11.7 Å². The molecule has 0 aliphatic carbocycles. The molecule has 0 saturated carbocycles. The van der Waals surface area contributed by atoms with Crippen molar-refractivity contribution in [3.05, 3.63) is 137 Å². The van der Waals surface area contributed by atoms with Crippen molar-refractivity contribution in [3.8, 4) is 0 Å². The molecule has 0 aromatic heterocycles. The smallest absolute Gasteiger partial charge is 0.303 e. The molecular formula is C46H56N5O5+. The van der Waals surface area contributed by atoms with Crippen LogP contribution in [0.25, 0.3) is 0 Å². The number of likely N-dealkylation sites (tertiary alicyclic amines) is 1. The van der Waals surface area contributed by atoms with Gasteiger partial charge in [0.25, 0.3) is 11.8 Å². The summed E-state index contributed by atoms with van der Waals surface area (Å²) >= 11 is 0. The maximum absolute atomic E-state index is 13.6. The molecule has 1 atom stereocenters. The third-order valence-corrected chi connectivity index (χ3v) is 11.8. The number of quaternary nitrogens is 1. The Bertz CT molecular complexity index is 1890. The lowest BCUT2D eigenvalue weighted by atomic mass is 9.64. The van der Waals surface area contributed by atoms with Crippen LogP contribution in [0.2, 0.25) is 0 Å². The first kappa shape index (κ1) is 40.3. The molecular weight excluding hydrogens is 703 g/mol. The van der Waals surface area contributed by atoms with Gasteiger partial charge in [0.2, 0.25) is 5.91 Å². The molecule has 0 bridgehead atoms. The average molecular weight is 759 g/mol. The zero-order valence-electron chi connectivity index (χ0n) is 32.8. The fraction of sp³-hybridized carbons (Fsp3) is 0.391. The molecule has 294 valence electrons. The third-order valence-electron chi connectivity index (χ3n) is 11.8. The Kier molecular flexibility index (Phi) is 13.0. The minimum absolute atomic E-state index is 0.0132. The number of primary amides is 1. The maximum atomic E-state index is 13.6. The molecule has 56 heavy (non-hydrogen) atoms. The topological polar surface area (TPSA) is 124 Å².